The number of benzene rings is 1. The summed E-state index contributed by atoms with van der Waals surface area (Å²) >= 11 is 0. The number of rotatable bonds is 6. The van der Waals surface area contributed by atoms with Gasteiger partial charge in [-0.1, -0.05) is 30.3 Å². The van der Waals surface area contributed by atoms with Crippen molar-refractivity contribution in [1.82, 2.24) is 15.3 Å². The van der Waals surface area contributed by atoms with Crippen LogP contribution >= 0.6 is 0 Å². The number of aromatic nitrogens is 2. The van der Waals surface area contributed by atoms with Crippen LogP contribution in [-0.2, 0) is 17.8 Å². The van der Waals surface area contributed by atoms with Gasteiger partial charge in [-0.05, 0) is 5.56 Å². The maximum absolute atomic E-state index is 11.4. The summed E-state index contributed by atoms with van der Waals surface area (Å²) in [6, 6.07) is 9.49. The van der Waals surface area contributed by atoms with Gasteiger partial charge in [-0.15, -0.1) is 0 Å². The van der Waals surface area contributed by atoms with Gasteiger partial charge in [-0.2, -0.15) is 0 Å². The number of imidazole rings is 1. The first-order chi connectivity index (χ1) is 8.75. The van der Waals surface area contributed by atoms with Crippen LogP contribution in [0.1, 0.15) is 11.3 Å². The van der Waals surface area contributed by atoms with Crippen LogP contribution in [0.15, 0.2) is 42.9 Å². The topological polar surface area (TPSA) is 83.8 Å². The number of hydrogen-bond donors (Lipinski definition) is 3. The third-order valence-electron chi connectivity index (χ3n) is 2.72. The molecule has 0 fully saturated rings. The van der Waals surface area contributed by atoms with E-state index in [4.69, 9.17) is 5.73 Å². The Morgan fingerprint density at radius 3 is 2.78 bits per heavy atom. The van der Waals surface area contributed by atoms with Gasteiger partial charge in [0.15, 0.2) is 0 Å². The quantitative estimate of drug-likeness (QED) is 0.695. The van der Waals surface area contributed by atoms with E-state index in [2.05, 4.69) is 15.3 Å². The first-order valence-electron chi connectivity index (χ1n) is 5.79. The van der Waals surface area contributed by atoms with Crippen LogP contribution in [0.2, 0.25) is 0 Å². The van der Waals surface area contributed by atoms with E-state index >= 15 is 0 Å². The van der Waals surface area contributed by atoms with Crippen LogP contribution in [-0.4, -0.2) is 21.9 Å². The minimum absolute atomic E-state index is 0.361. The van der Waals surface area contributed by atoms with Gasteiger partial charge in [0.1, 0.15) is 0 Å². The molecule has 0 bridgehead atoms. The van der Waals surface area contributed by atoms with Gasteiger partial charge in [0.05, 0.1) is 12.4 Å². The number of carbonyl (C=O) groups excluding carboxylic acids is 1. The number of aromatic amines is 1. The molecule has 0 spiro atoms. The number of primary amides is 1. The van der Waals surface area contributed by atoms with Crippen molar-refractivity contribution in [2.45, 2.75) is 19.0 Å². The number of amides is 1. The molecule has 1 amide bonds. The fourth-order valence-electron chi connectivity index (χ4n) is 1.73. The molecule has 0 radical (unpaired) electrons. The molecule has 1 heterocycles. The molecular weight excluding hydrogens is 228 g/mol. The van der Waals surface area contributed by atoms with Gasteiger partial charge in [0, 0.05) is 24.9 Å². The van der Waals surface area contributed by atoms with E-state index in [0.717, 1.165) is 11.3 Å². The molecule has 5 heteroatoms. The zero-order valence-electron chi connectivity index (χ0n) is 9.97. The molecule has 0 saturated heterocycles. The van der Waals surface area contributed by atoms with E-state index in [1.807, 2.05) is 30.3 Å². The van der Waals surface area contributed by atoms with Gasteiger partial charge in [0.2, 0.25) is 5.91 Å². The molecule has 5 nitrogen and oxygen atoms in total. The summed E-state index contributed by atoms with van der Waals surface area (Å²) in [6.07, 6.45) is 3.80. The highest BCUT2D eigenvalue weighted by molar-refractivity contribution is 5.80. The molecule has 0 unspecified atom stereocenters. The lowest BCUT2D eigenvalue weighted by Crippen LogP contribution is -2.42. The average molecular weight is 244 g/mol. The van der Waals surface area contributed by atoms with Gasteiger partial charge < -0.3 is 16.0 Å². The third-order valence-corrected chi connectivity index (χ3v) is 2.72. The Hall–Kier alpha value is -2.14. The minimum Gasteiger partial charge on any atom is -0.368 e. The van der Waals surface area contributed by atoms with Crippen molar-refractivity contribution in [1.29, 1.82) is 0 Å². The lowest BCUT2D eigenvalue weighted by Gasteiger charge is -2.14. The molecule has 1 aromatic carbocycles. The lowest BCUT2D eigenvalue weighted by atomic mass is 10.1. The zero-order chi connectivity index (χ0) is 12.8. The predicted octanol–water partition coefficient (Wildman–Crippen LogP) is 0.596. The second-order valence-electron chi connectivity index (χ2n) is 4.10. The highest BCUT2D eigenvalue weighted by atomic mass is 16.1. The zero-order valence-corrected chi connectivity index (χ0v) is 9.97. The lowest BCUT2D eigenvalue weighted by molar-refractivity contribution is -0.120. The van der Waals surface area contributed by atoms with Crippen molar-refractivity contribution >= 4 is 5.91 Å². The Morgan fingerprint density at radius 1 is 1.39 bits per heavy atom. The van der Waals surface area contributed by atoms with Crippen molar-refractivity contribution in [2.24, 2.45) is 5.73 Å². The molecule has 0 aliphatic carbocycles. The normalized spacial score (nSPS) is 12.2. The van der Waals surface area contributed by atoms with E-state index in [-0.39, 0.29) is 5.91 Å². The number of nitrogens with two attached hydrogens (primary N) is 1. The smallest absolute Gasteiger partial charge is 0.234 e. The summed E-state index contributed by atoms with van der Waals surface area (Å²) in [4.78, 5) is 18.3. The SMILES string of the molecule is NC(=O)[C@H](Cc1cnc[nH]1)NCc1ccccc1. The Balaban J connectivity index is 1.93. The second kappa shape index (κ2) is 5.97. The van der Waals surface area contributed by atoms with E-state index < -0.39 is 6.04 Å². The summed E-state index contributed by atoms with van der Waals surface area (Å²) in [5, 5.41) is 3.15. The molecule has 2 aromatic rings. The maximum Gasteiger partial charge on any atom is 0.234 e. The fourth-order valence-corrected chi connectivity index (χ4v) is 1.73. The molecule has 1 aromatic heterocycles. The average Bonchev–Trinajstić information content (AvgIpc) is 2.88. The minimum atomic E-state index is -0.398. The summed E-state index contributed by atoms with van der Waals surface area (Å²) in [6.45, 7) is 0.614. The highest BCUT2D eigenvalue weighted by Crippen LogP contribution is 2.02. The highest BCUT2D eigenvalue weighted by Gasteiger charge is 2.15. The maximum atomic E-state index is 11.4. The Bertz CT molecular complexity index is 481. The van der Waals surface area contributed by atoms with Crippen LogP contribution in [0.5, 0.6) is 0 Å². The number of carbonyl (C=O) groups is 1. The van der Waals surface area contributed by atoms with Crippen molar-refractivity contribution < 1.29 is 4.79 Å². The van der Waals surface area contributed by atoms with Crippen molar-refractivity contribution in [2.75, 3.05) is 0 Å². The van der Waals surface area contributed by atoms with Crippen molar-refractivity contribution in [3.63, 3.8) is 0 Å². The number of nitrogens with one attached hydrogen (secondary N) is 2. The standard InChI is InChI=1S/C13H16N4O/c14-13(18)12(6-11-8-15-9-17-11)16-7-10-4-2-1-3-5-10/h1-5,8-9,12,16H,6-7H2,(H2,14,18)(H,15,17)/t12-/m0/s1. The molecule has 94 valence electrons. The van der Waals surface area contributed by atoms with Gasteiger partial charge >= 0.3 is 0 Å². The van der Waals surface area contributed by atoms with Crippen molar-refractivity contribution in [3.8, 4) is 0 Å². The van der Waals surface area contributed by atoms with Gasteiger partial charge in [-0.25, -0.2) is 4.98 Å². The van der Waals surface area contributed by atoms with Crippen LogP contribution in [0, 0.1) is 0 Å². The first kappa shape index (κ1) is 12.3. The third kappa shape index (κ3) is 3.43. The Labute approximate surface area is 105 Å². The molecule has 0 saturated carbocycles. The Morgan fingerprint density at radius 2 is 2.17 bits per heavy atom. The molecule has 1 atom stereocenters. The summed E-state index contributed by atoms with van der Waals surface area (Å²) < 4.78 is 0. The molecule has 0 aliphatic heterocycles. The Kier molecular flexibility index (Phi) is 4.09. The van der Waals surface area contributed by atoms with E-state index in [1.165, 1.54) is 0 Å². The summed E-state index contributed by atoms with van der Waals surface area (Å²) in [5.41, 5.74) is 7.39. The molecular formula is C13H16N4O. The van der Waals surface area contributed by atoms with Crippen molar-refractivity contribution in [3.05, 3.63) is 54.1 Å². The van der Waals surface area contributed by atoms with E-state index in [1.54, 1.807) is 12.5 Å². The summed E-state index contributed by atoms with van der Waals surface area (Å²) in [7, 11) is 0. The second-order valence-corrected chi connectivity index (χ2v) is 4.10. The fraction of sp³-hybridized carbons (Fsp3) is 0.231. The molecule has 4 N–H and O–H groups in total. The monoisotopic (exact) mass is 244 g/mol. The predicted molar refractivity (Wildman–Crippen MR) is 68.6 cm³/mol. The molecule has 0 aliphatic rings. The number of nitrogens with zero attached hydrogens (tertiary/aromatic N) is 1. The van der Waals surface area contributed by atoms with E-state index in [9.17, 15) is 4.79 Å². The molecule has 18 heavy (non-hydrogen) atoms. The van der Waals surface area contributed by atoms with E-state index in [0.29, 0.717) is 13.0 Å². The molecule has 2 rings (SSSR count). The van der Waals surface area contributed by atoms with Crippen LogP contribution in [0.25, 0.3) is 0 Å². The number of hydrogen-bond acceptors (Lipinski definition) is 3. The summed E-state index contributed by atoms with van der Waals surface area (Å²) in [5.74, 6) is -0.361. The van der Waals surface area contributed by atoms with Gasteiger partial charge in [0.25, 0.3) is 0 Å². The van der Waals surface area contributed by atoms with Crippen LogP contribution < -0.4 is 11.1 Å². The first-order valence-corrected chi connectivity index (χ1v) is 5.79. The van der Waals surface area contributed by atoms with Crippen LogP contribution in [0.4, 0.5) is 0 Å². The largest absolute Gasteiger partial charge is 0.368 e. The number of H-pyrrole nitrogens is 1. The van der Waals surface area contributed by atoms with Crippen LogP contribution in [0.3, 0.4) is 0 Å². The van der Waals surface area contributed by atoms with Gasteiger partial charge in [-0.3, -0.25) is 4.79 Å².